The molecule has 1 aromatic carbocycles. The number of nitrogens with one attached hydrogen (secondary N) is 1. The first kappa shape index (κ1) is 14.1. The fraction of sp³-hybridized carbons (Fsp3) is 0.562. The summed E-state index contributed by atoms with van der Waals surface area (Å²) >= 11 is 0. The smallest absolute Gasteiger partial charge is 0.228 e. The molecule has 3 nitrogen and oxygen atoms in total. The Hall–Kier alpha value is -1.35. The number of carbonyl (C=O) groups is 1. The van der Waals surface area contributed by atoms with Gasteiger partial charge >= 0.3 is 0 Å². The average Bonchev–Trinajstić information content (AvgIpc) is 2.86. The van der Waals surface area contributed by atoms with Crippen LogP contribution in [0.2, 0.25) is 0 Å². The van der Waals surface area contributed by atoms with E-state index < -0.39 is 0 Å². The molecular weight excluding hydrogens is 236 g/mol. The van der Waals surface area contributed by atoms with Crippen LogP contribution >= 0.6 is 0 Å². The van der Waals surface area contributed by atoms with Gasteiger partial charge in [0, 0.05) is 13.1 Å². The molecule has 3 N–H and O–H groups in total. The SMILES string of the molecule is CC1(CNC(=O)C(CN)c2ccccc2)CCCC1. The highest BCUT2D eigenvalue weighted by Gasteiger charge is 2.30. The van der Waals surface area contributed by atoms with Crippen molar-refractivity contribution in [1.29, 1.82) is 0 Å². The zero-order chi connectivity index (χ0) is 13.7. The Kier molecular flexibility index (Phi) is 4.59. The summed E-state index contributed by atoms with van der Waals surface area (Å²) in [7, 11) is 0. The summed E-state index contributed by atoms with van der Waals surface area (Å²) in [6, 6.07) is 9.78. The average molecular weight is 260 g/mol. The van der Waals surface area contributed by atoms with Gasteiger partial charge in [0.1, 0.15) is 0 Å². The Morgan fingerprint density at radius 1 is 1.32 bits per heavy atom. The van der Waals surface area contributed by atoms with Crippen LogP contribution in [0.4, 0.5) is 0 Å². The van der Waals surface area contributed by atoms with E-state index in [9.17, 15) is 4.79 Å². The van der Waals surface area contributed by atoms with E-state index in [2.05, 4.69) is 12.2 Å². The molecule has 1 amide bonds. The predicted octanol–water partition coefficient (Wildman–Crippen LogP) is 2.43. The Morgan fingerprint density at radius 3 is 2.53 bits per heavy atom. The van der Waals surface area contributed by atoms with E-state index in [1.54, 1.807) is 0 Å². The normalized spacial score (nSPS) is 19.1. The zero-order valence-corrected chi connectivity index (χ0v) is 11.7. The van der Waals surface area contributed by atoms with E-state index >= 15 is 0 Å². The second-order valence-corrected chi connectivity index (χ2v) is 5.93. The highest BCUT2D eigenvalue weighted by Crippen LogP contribution is 2.36. The monoisotopic (exact) mass is 260 g/mol. The first-order chi connectivity index (χ1) is 9.14. The Bertz CT molecular complexity index is 410. The van der Waals surface area contributed by atoms with Crippen molar-refractivity contribution in [2.45, 2.75) is 38.5 Å². The number of nitrogens with two attached hydrogens (primary N) is 1. The van der Waals surface area contributed by atoms with Crippen LogP contribution in [0.3, 0.4) is 0 Å². The van der Waals surface area contributed by atoms with E-state index in [1.165, 1.54) is 25.7 Å². The predicted molar refractivity (Wildman–Crippen MR) is 77.8 cm³/mol. The van der Waals surface area contributed by atoms with Gasteiger partial charge in [-0.2, -0.15) is 0 Å². The molecule has 0 aromatic heterocycles. The van der Waals surface area contributed by atoms with Gasteiger partial charge in [-0.05, 0) is 23.8 Å². The molecule has 19 heavy (non-hydrogen) atoms. The highest BCUT2D eigenvalue weighted by atomic mass is 16.1. The molecule has 2 rings (SSSR count). The van der Waals surface area contributed by atoms with Crippen LogP contribution in [-0.4, -0.2) is 19.0 Å². The lowest BCUT2D eigenvalue weighted by atomic mass is 9.88. The van der Waals surface area contributed by atoms with E-state index in [-0.39, 0.29) is 17.2 Å². The lowest BCUT2D eigenvalue weighted by Crippen LogP contribution is -2.39. The van der Waals surface area contributed by atoms with Crippen molar-refractivity contribution in [2.24, 2.45) is 11.1 Å². The van der Waals surface area contributed by atoms with Crippen LogP contribution in [0.25, 0.3) is 0 Å². The molecule has 3 heteroatoms. The molecule has 1 aromatic rings. The molecule has 1 unspecified atom stereocenters. The molecule has 1 aliphatic rings. The van der Waals surface area contributed by atoms with Crippen LogP contribution in [-0.2, 0) is 4.79 Å². The Labute approximate surface area is 115 Å². The molecule has 0 spiro atoms. The summed E-state index contributed by atoms with van der Waals surface area (Å²) in [6.07, 6.45) is 4.99. The van der Waals surface area contributed by atoms with Crippen molar-refractivity contribution >= 4 is 5.91 Å². The van der Waals surface area contributed by atoms with Crippen LogP contribution in [0.1, 0.15) is 44.1 Å². The molecule has 0 aliphatic heterocycles. The van der Waals surface area contributed by atoms with E-state index in [4.69, 9.17) is 5.73 Å². The topological polar surface area (TPSA) is 55.1 Å². The van der Waals surface area contributed by atoms with Crippen LogP contribution in [0.15, 0.2) is 30.3 Å². The highest BCUT2D eigenvalue weighted by molar-refractivity contribution is 5.83. The van der Waals surface area contributed by atoms with Gasteiger partial charge in [-0.15, -0.1) is 0 Å². The van der Waals surface area contributed by atoms with Crippen LogP contribution < -0.4 is 11.1 Å². The third-order valence-corrected chi connectivity index (χ3v) is 4.25. The Balaban J connectivity index is 1.94. The van der Waals surface area contributed by atoms with Crippen molar-refractivity contribution in [3.63, 3.8) is 0 Å². The lowest BCUT2D eigenvalue weighted by molar-refractivity contribution is -0.122. The van der Waals surface area contributed by atoms with Crippen molar-refractivity contribution in [2.75, 3.05) is 13.1 Å². The van der Waals surface area contributed by atoms with Gasteiger partial charge in [-0.3, -0.25) is 4.79 Å². The number of amides is 1. The molecule has 1 fully saturated rings. The van der Waals surface area contributed by atoms with Crippen LogP contribution in [0, 0.1) is 5.41 Å². The van der Waals surface area contributed by atoms with Crippen molar-refractivity contribution in [1.82, 2.24) is 5.32 Å². The molecule has 104 valence electrons. The minimum Gasteiger partial charge on any atom is -0.355 e. The minimum atomic E-state index is -0.230. The fourth-order valence-electron chi connectivity index (χ4n) is 2.91. The third-order valence-electron chi connectivity index (χ3n) is 4.25. The summed E-state index contributed by atoms with van der Waals surface area (Å²) in [5, 5.41) is 3.10. The van der Waals surface area contributed by atoms with Gasteiger partial charge in [0.2, 0.25) is 5.91 Å². The number of rotatable bonds is 5. The van der Waals surface area contributed by atoms with Crippen molar-refractivity contribution in [3.8, 4) is 0 Å². The van der Waals surface area contributed by atoms with Crippen molar-refractivity contribution in [3.05, 3.63) is 35.9 Å². The maximum atomic E-state index is 12.3. The summed E-state index contributed by atoms with van der Waals surface area (Å²) in [6.45, 7) is 3.39. The van der Waals surface area contributed by atoms with Gasteiger partial charge in [0.25, 0.3) is 0 Å². The molecule has 1 atom stereocenters. The standard InChI is InChI=1S/C16H24N2O/c1-16(9-5-6-10-16)12-18-15(19)14(11-17)13-7-3-2-4-8-13/h2-4,7-8,14H,5-6,9-12,17H2,1H3,(H,18,19). The van der Waals surface area contributed by atoms with Crippen LogP contribution in [0.5, 0.6) is 0 Å². The van der Waals surface area contributed by atoms with Gasteiger partial charge in [-0.1, -0.05) is 50.1 Å². The minimum absolute atomic E-state index is 0.0572. The lowest BCUT2D eigenvalue weighted by Gasteiger charge is -2.25. The molecule has 1 aliphatic carbocycles. The van der Waals surface area contributed by atoms with Gasteiger partial charge in [0.05, 0.1) is 5.92 Å². The largest absolute Gasteiger partial charge is 0.355 e. The number of benzene rings is 1. The van der Waals surface area contributed by atoms with Gasteiger partial charge in [-0.25, -0.2) is 0 Å². The van der Waals surface area contributed by atoms with Gasteiger partial charge < -0.3 is 11.1 Å². The van der Waals surface area contributed by atoms with Crippen molar-refractivity contribution < 1.29 is 4.79 Å². The second-order valence-electron chi connectivity index (χ2n) is 5.93. The summed E-state index contributed by atoms with van der Waals surface area (Å²) < 4.78 is 0. The Morgan fingerprint density at radius 2 is 1.95 bits per heavy atom. The van der Waals surface area contributed by atoms with Gasteiger partial charge in [0.15, 0.2) is 0 Å². The van der Waals surface area contributed by atoms with E-state index in [1.807, 2.05) is 30.3 Å². The molecule has 1 saturated carbocycles. The fourth-order valence-corrected chi connectivity index (χ4v) is 2.91. The number of hydrogen-bond donors (Lipinski definition) is 2. The summed E-state index contributed by atoms with van der Waals surface area (Å²) in [5.41, 5.74) is 7.04. The quantitative estimate of drug-likeness (QED) is 0.854. The number of hydrogen-bond acceptors (Lipinski definition) is 2. The summed E-state index contributed by atoms with van der Waals surface area (Å²) in [4.78, 5) is 12.3. The molecule has 0 bridgehead atoms. The van der Waals surface area contributed by atoms with E-state index in [0.29, 0.717) is 6.54 Å². The number of carbonyl (C=O) groups excluding carboxylic acids is 1. The maximum Gasteiger partial charge on any atom is 0.228 e. The molecular formula is C16H24N2O. The molecule has 0 radical (unpaired) electrons. The first-order valence-electron chi connectivity index (χ1n) is 7.17. The maximum absolute atomic E-state index is 12.3. The third kappa shape index (κ3) is 3.57. The second kappa shape index (κ2) is 6.20. The molecule has 0 saturated heterocycles. The first-order valence-corrected chi connectivity index (χ1v) is 7.17. The zero-order valence-electron chi connectivity index (χ0n) is 11.7. The summed E-state index contributed by atoms with van der Waals surface area (Å²) in [5.74, 6) is -0.173. The molecule has 0 heterocycles. The van der Waals surface area contributed by atoms with E-state index in [0.717, 1.165) is 12.1 Å².